The molecule has 0 atom stereocenters. The lowest BCUT2D eigenvalue weighted by atomic mass is 9.84. The highest BCUT2D eigenvalue weighted by atomic mass is 16.5. The Kier molecular flexibility index (Phi) is 11.0. The van der Waals surface area contributed by atoms with Gasteiger partial charge in [0, 0.05) is 30.4 Å². The second kappa shape index (κ2) is 14.2. The summed E-state index contributed by atoms with van der Waals surface area (Å²) in [6.45, 7) is 2.05. The van der Waals surface area contributed by atoms with Crippen LogP contribution in [0.4, 0.5) is 0 Å². The van der Waals surface area contributed by atoms with Crippen LogP contribution in [-0.4, -0.2) is 31.9 Å². The highest BCUT2D eigenvalue weighted by molar-refractivity contribution is 6.11. The smallest absolute Gasteiger partial charge is 0.336 e. The van der Waals surface area contributed by atoms with E-state index in [1.54, 1.807) is 30.3 Å². The van der Waals surface area contributed by atoms with Gasteiger partial charge in [0.25, 0.3) is 0 Å². The highest BCUT2D eigenvalue weighted by Gasteiger charge is 2.47. The Morgan fingerprint density at radius 1 is 0.857 bits per heavy atom. The lowest BCUT2D eigenvalue weighted by Gasteiger charge is -2.20. The van der Waals surface area contributed by atoms with Gasteiger partial charge in [0.05, 0.1) is 14.2 Å². The average Bonchev–Trinajstić information content (AvgIpc) is 2.91. The van der Waals surface area contributed by atoms with E-state index in [-0.39, 0.29) is 18.6 Å². The van der Waals surface area contributed by atoms with Crippen LogP contribution in [0.1, 0.15) is 54.9 Å². The first-order valence-electron chi connectivity index (χ1n) is 11.5. The molecular weight excluding hydrogens is 440 g/mol. The number of hydrogen-bond acceptors (Lipinski definition) is 5. The molecule has 2 rings (SSSR count). The molecule has 0 aliphatic heterocycles. The van der Waals surface area contributed by atoms with Gasteiger partial charge in [-0.1, -0.05) is 85.8 Å². The third-order valence-corrected chi connectivity index (χ3v) is 5.25. The first kappa shape index (κ1) is 27.2. The van der Waals surface area contributed by atoms with Gasteiger partial charge in [0.15, 0.2) is 5.78 Å². The molecule has 0 amide bonds. The number of allylic oxidation sites excluding steroid dienone is 1. The number of rotatable bonds is 9. The van der Waals surface area contributed by atoms with Crippen LogP contribution in [-0.2, 0) is 19.1 Å². The number of carbonyl (C=O) groups excluding carboxylic acids is 3. The summed E-state index contributed by atoms with van der Waals surface area (Å²) in [6.07, 6.45) is 4.16. The van der Waals surface area contributed by atoms with Gasteiger partial charge >= 0.3 is 11.9 Å². The van der Waals surface area contributed by atoms with E-state index in [2.05, 4.69) is 30.6 Å². The van der Waals surface area contributed by atoms with Crippen molar-refractivity contribution in [3.05, 3.63) is 77.4 Å². The lowest BCUT2D eigenvalue weighted by Crippen LogP contribution is -2.40. The number of carbonyl (C=O) groups is 3. The summed E-state index contributed by atoms with van der Waals surface area (Å²) in [4.78, 5) is 38.6. The monoisotopic (exact) mass is 470 g/mol. The molecule has 0 bridgehead atoms. The molecule has 0 saturated heterocycles. The minimum atomic E-state index is -1.89. The molecule has 0 aromatic heterocycles. The highest BCUT2D eigenvalue weighted by Crippen LogP contribution is 2.26. The summed E-state index contributed by atoms with van der Waals surface area (Å²) in [5.74, 6) is 9.60. The molecule has 35 heavy (non-hydrogen) atoms. The van der Waals surface area contributed by atoms with E-state index >= 15 is 0 Å². The van der Waals surface area contributed by atoms with Gasteiger partial charge in [-0.05, 0) is 18.1 Å². The number of ketones is 1. The molecule has 5 heteroatoms. The fourth-order valence-corrected chi connectivity index (χ4v) is 3.28. The van der Waals surface area contributed by atoms with Crippen molar-refractivity contribution in [2.24, 2.45) is 5.41 Å². The van der Waals surface area contributed by atoms with Crippen LogP contribution in [0, 0.1) is 29.1 Å². The predicted molar refractivity (Wildman–Crippen MR) is 136 cm³/mol. The zero-order valence-electron chi connectivity index (χ0n) is 20.4. The molecular formula is C30H30O5. The van der Waals surface area contributed by atoms with E-state index in [0.29, 0.717) is 17.6 Å². The van der Waals surface area contributed by atoms with Crippen molar-refractivity contribution in [3.8, 4) is 23.7 Å². The predicted octanol–water partition coefficient (Wildman–Crippen LogP) is 5.26. The summed E-state index contributed by atoms with van der Waals surface area (Å²) in [7, 11) is 2.37. The van der Waals surface area contributed by atoms with Crippen molar-refractivity contribution in [3.63, 3.8) is 0 Å². The molecule has 0 radical (unpaired) electrons. The Labute approximate surface area is 207 Å². The number of unbranched alkanes of at least 4 members (excludes halogenated alkanes) is 2. The van der Waals surface area contributed by atoms with Gasteiger partial charge < -0.3 is 9.47 Å². The number of benzene rings is 2. The summed E-state index contributed by atoms with van der Waals surface area (Å²) in [5.41, 5.74) is -0.114. The van der Waals surface area contributed by atoms with Gasteiger partial charge in [0.1, 0.15) is 0 Å². The van der Waals surface area contributed by atoms with Crippen LogP contribution in [0.3, 0.4) is 0 Å². The molecule has 2 aromatic carbocycles. The van der Waals surface area contributed by atoms with Crippen molar-refractivity contribution in [1.82, 2.24) is 0 Å². The molecule has 0 unspecified atom stereocenters. The topological polar surface area (TPSA) is 69.7 Å². The fraction of sp³-hybridized carbons (Fsp3) is 0.300. The van der Waals surface area contributed by atoms with Crippen LogP contribution in [0.15, 0.2) is 66.2 Å². The van der Waals surface area contributed by atoms with Gasteiger partial charge in [-0.15, -0.1) is 11.8 Å². The lowest BCUT2D eigenvalue weighted by molar-refractivity contribution is -0.163. The van der Waals surface area contributed by atoms with E-state index in [1.807, 2.05) is 36.4 Å². The standard InChI is InChI=1S/C30H30O5/c1-4-5-6-7-14-21-30(28(32)34-2,29(33)35-3)22-15-20-26(23-24-16-10-8-11-17-24)27(31)25-18-12-9-13-19-25/h8-13,16-19,23H,4-6,20-21H2,1-3H3/b26-23-. The Balaban J connectivity index is 2.46. The van der Waals surface area contributed by atoms with Crippen LogP contribution in [0.25, 0.3) is 6.08 Å². The van der Waals surface area contributed by atoms with Crippen LogP contribution >= 0.6 is 0 Å². The van der Waals surface area contributed by atoms with Crippen molar-refractivity contribution in [2.75, 3.05) is 14.2 Å². The second-order valence-corrected chi connectivity index (χ2v) is 7.78. The fourth-order valence-electron chi connectivity index (χ4n) is 3.28. The molecule has 0 saturated carbocycles. The molecule has 2 aromatic rings. The van der Waals surface area contributed by atoms with E-state index < -0.39 is 17.4 Å². The van der Waals surface area contributed by atoms with Gasteiger partial charge in [-0.2, -0.15) is 0 Å². The molecule has 180 valence electrons. The molecule has 0 aliphatic carbocycles. The minimum Gasteiger partial charge on any atom is -0.467 e. The van der Waals surface area contributed by atoms with E-state index in [1.165, 1.54) is 14.2 Å². The van der Waals surface area contributed by atoms with Crippen LogP contribution < -0.4 is 0 Å². The third-order valence-electron chi connectivity index (χ3n) is 5.25. The quantitative estimate of drug-likeness (QED) is 0.125. The van der Waals surface area contributed by atoms with Gasteiger partial charge in [-0.3, -0.25) is 4.79 Å². The maximum atomic E-state index is 13.2. The Bertz CT molecular complexity index is 1140. The van der Waals surface area contributed by atoms with Crippen molar-refractivity contribution in [1.29, 1.82) is 0 Å². The maximum Gasteiger partial charge on any atom is 0.336 e. The molecule has 0 fully saturated rings. The van der Waals surface area contributed by atoms with Crippen LogP contribution in [0.2, 0.25) is 0 Å². The third kappa shape index (κ3) is 7.73. The van der Waals surface area contributed by atoms with Gasteiger partial charge in [-0.25, -0.2) is 9.59 Å². The first-order valence-corrected chi connectivity index (χ1v) is 11.5. The summed E-state index contributed by atoms with van der Waals surface area (Å²) in [5, 5.41) is 0. The summed E-state index contributed by atoms with van der Waals surface area (Å²) in [6, 6.07) is 18.3. The summed E-state index contributed by atoms with van der Waals surface area (Å²) >= 11 is 0. The largest absolute Gasteiger partial charge is 0.467 e. The number of methoxy groups -OCH3 is 2. The number of Topliss-reactive ketones (excluding diaryl/α,β-unsaturated/α-hetero) is 1. The minimum absolute atomic E-state index is 0.0155. The van der Waals surface area contributed by atoms with E-state index in [4.69, 9.17) is 9.47 Å². The van der Waals surface area contributed by atoms with Crippen LogP contribution in [0.5, 0.6) is 0 Å². The SMILES string of the molecule is CCCCC#CCC(C#CC/C(=C/c1ccccc1)C(=O)c1ccccc1)(C(=O)OC)C(=O)OC. The average molecular weight is 471 g/mol. The molecule has 0 heterocycles. The van der Waals surface area contributed by atoms with Gasteiger partial charge in [0.2, 0.25) is 5.41 Å². The van der Waals surface area contributed by atoms with E-state index in [0.717, 1.165) is 18.4 Å². The number of hydrogen-bond donors (Lipinski definition) is 0. The Morgan fingerprint density at radius 2 is 1.46 bits per heavy atom. The van der Waals surface area contributed by atoms with Crippen molar-refractivity contribution >= 4 is 23.8 Å². The Morgan fingerprint density at radius 3 is 2.03 bits per heavy atom. The summed E-state index contributed by atoms with van der Waals surface area (Å²) < 4.78 is 9.79. The zero-order valence-corrected chi connectivity index (χ0v) is 20.4. The number of ether oxygens (including phenoxy) is 2. The van der Waals surface area contributed by atoms with Crippen molar-refractivity contribution in [2.45, 2.75) is 39.0 Å². The van der Waals surface area contributed by atoms with E-state index in [9.17, 15) is 14.4 Å². The molecule has 0 spiro atoms. The molecule has 0 aliphatic rings. The van der Waals surface area contributed by atoms with Crippen molar-refractivity contribution < 1.29 is 23.9 Å². The second-order valence-electron chi connectivity index (χ2n) is 7.78. The normalized spacial score (nSPS) is 10.8. The zero-order chi connectivity index (χ0) is 25.5. The molecule has 5 nitrogen and oxygen atoms in total. The maximum absolute atomic E-state index is 13.2. The first-order chi connectivity index (χ1) is 17.0. The molecule has 0 N–H and O–H groups in total. The Hall–Kier alpha value is -4.09. The number of esters is 2.